The van der Waals surface area contributed by atoms with E-state index in [0.717, 1.165) is 12.1 Å². The Morgan fingerprint density at radius 3 is 2.30 bits per heavy atom. The van der Waals surface area contributed by atoms with E-state index in [2.05, 4.69) is 55.4 Å². The zero-order chi connectivity index (χ0) is 14.6. The van der Waals surface area contributed by atoms with Crippen molar-refractivity contribution in [3.8, 4) is 0 Å². The standard InChI is InChI=1S/C17H23N3/c1-17(2,3)14-9-7-13(8-10-14)12-16(20-18)15-6-4-5-11-19-15/h4-11,16,20H,12,18H2,1-3H3. The van der Waals surface area contributed by atoms with Crippen LogP contribution in [0.4, 0.5) is 0 Å². The van der Waals surface area contributed by atoms with E-state index in [4.69, 9.17) is 5.84 Å². The van der Waals surface area contributed by atoms with Crippen molar-refractivity contribution in [2.45, 2.75) is 38.6 Å². The molecule has 0 amide bonds. The first kappa shape index (κ1) is 14.7. The number of hydrogen-bond donors (Lipinski definition) is 2. The van der Waals surface area contributed by atoms with Gasteiger partial charge in [-0.3, -0.25) is 16.3 Å². The first-order chi connectivity index (χ1) is 9.50. The molecule has 0 spiro atoms. The minimum Gasteiger partial charge on any atom is -0.271 e. The molecule has 1 unspecified atom stereocenters. The normalized spacial score (nSPS) is 13.2. The Hall–Kier alpha value is -1.71. The predicted octanol–water partition coefficient (Wildman–Crippen LogP) is 3.13. The Bertz CT molecular complexity index is 526. The summed E-state index contributed by atoms with van der Waals surface area (Å²) in [6, 6.07) is 14.7. The number of nitrogens with two attached hydrogens (primary N) is 1. The van der Waals surface area contributed by atoms with E-state index in [9.17, 15) is 0 Å². The molecular formula is C17H23N3. The minimum absolute atomic E-state index is 0.0386. The van der Waals surface area contributed by atoms with Crippen LogP contribution in [0.1, 0.15) is 43.6 Å². The number of pyridine rings is 1. The highest BCUT2D eigenvalue weighted by atomic mass is 15.2. The second-order valence-electron chi connectivity index (χ2n) is 6.12. The molecule has 0 aliphatic rings. The van der Waals surface area contributed by atoms with Crippen molar-refractivity contribution >= 4 is 0 Å². The Labute approximate surface area is 121 Å². The molecule has 0 saturated carbocycles. The molecule has 0 saturated heterocycles. The molecule has 3 N–H and O–H groups in total. The number of hydrogen-bond acceptors (Lipinski definition) is 3. The summed E-state index contributed by atoms with van der Waals surface area (Å²) in [7, 11) is 0. The van der Waals surface area contributed by atoms with Crippen LogP contribution >= 0.6 is 0 Å². The van der Waals surface area contributed by atoms with E-state index >= 15 is 0 Å². The highest BCUT2D eigenvalue weighted by Crippen LogP contribution is 2.23. The molecule has 1 heterocycles. The molecule has 1 aromatic heterocycles. The van der Waals surface area contributed by atoms with E-state index < -0.39 is 0 Å². The van der Waals surface area contributed by atoms with E-state index in [1.165, 1.54) is 11.1 Å². The summed E-state index contributed by atoms with van der Waals surface area (Å²) < 4.78 is 0. The monoisotopic (exact) mass is 269 g/mol. The molecule has 3 heteroatoms. The number of rotatable bonds is 4. The van der Waals surface area contributed by atoms with E-state index in [1.54, 1.807) is 6.20 Å². The third-order valence-electron chi connectivity index (χ3n) is 3.51. The van der Waals surface area contributed by atoms with Gasteiger partial charge in [0.05, 0.1) is 11.7 Å². The predicted molar refractivity (Wildman–Crippen MR) is 83.1 cm³/mol. The van der Waals surface area contributed by atoms with Gasteiger partial charge in [0.2, 0.25) is 0 Å². The largest absolute Gasteiger partial charge is 0.271 e. The van der Waals surface area contributed by atoms with Gasteiger partial charge >= 0.3 is 0 Å². The van der Waals surface area contributed by atoms with Crippen LogP contribution in [0.2, 0.25) is 0 Å². The number of nitrogens with zero attached hydrogens (tertiary/aromatic N) is 1. The van der Waals surface area contributed by atoms with Crippen LogP contribution in [-0.2, 0) is 11.8 Å². The lowest BCUT2D eigenvalue weighted by atomic mass is 9.86. The quantitative estimate of drug-likeness (QED) is 0.662. The second kappa shape index (κ2) is 6.16. The maximum atomic E-state index is 5.66. The summed E-state index contributed by atoms with van der Waals surface area (Å²) in [5, 5.41) is 0. The highest BCUT2D eigenvalue weighted by molar-refractivity contribution is 5.28. The summed E-state index contributed by atoms with van der Waals surface area (Å²) in [4.78, 5) is 4.36. The summed E-state index contributed by atoms with van der Waals surface area (Å²) in [5.41, 5.74) is 6.60. The fraction of sp³-hybridized carbons (Fsp3) is 0.353. The van der Waals surface area contributed by atoms with Gasteiger partial charge in [0.25, 0.3) is 0 Å². The molecule has 1 aromatic carbocycles. The van der Waals surface area contributed by atoms with Gasteiger partial charge in [-0.2, -0.15) is 0 Å². The smallest absolute Gasteiger partial charge is 0.0672 e. The van der Waals surface area contributed by atoms with Gasteiger partial charge in [-0.05, 0) is 35.1 Å². The Morgan fingerprint density at radius 2 is 1.80 bits per heavy atom. The molecule has 0 radical (unpaired) electrons. The average Bonchev–Trinajstić information content (AvgIpc) is 2.45. The van der Waals surface area contributed by atoms with Crippen molar-refractivity contribution < 1.29 is 0 Å². The van der Waals surface area contributed by atoms with Gasteiger partial charge in [0.15, 0.2) is 0 Å². The lowest BCUT2D eigenvalue weighted by Crippen LogP contribution is -2.30. The number of aromatic nitrogens is 1. The summed E-state index contributed by atoms with van der Waals surface area (Å²) in [5.74, 6) is 5.66. The SMILES string of the molecule is CC(C)(C)c1ccc(CC(NN)c2ccccn2)cc1. The third-order valence-corrected chi connectivity index (χ3v) is 3.51. The van der Waals surface area contributed by atoms with Crippen LogP contribution in [0.3, 0.4) is 0 Å². The molecule has 106 valence electrons. The molecule has 0 fully saturated rings. The molecule has 0 bridgehead atoms. The minimum atomic E-state index is 0.0386. The summed E-state index contributed by atoms with van der Waals surface area (Å²) >= 11 is 0. The summed E-state index contributed by atoms with van der Waals surface area (Å²) in [6.45, 7) is 6.67. The maximum absolute atomic E-state index is 5.66. The van der Waals surface area contributed by atoms with E-state index in [-0.39, 0.29) is 11.5 Å². The molecule has 3 nitrogen and oxygen atoms in total. The average molecular weight is 269 g/mol. The summed E-state index contributed by atoms with van der Waals surface area (Å²) in [6.07, 6.45) is 2.63. The fourth-order valence-electron chi connectivity index (χ4n) is 2.21. The molecule has 20 heavy (non-hydrogen) atoms. The van der Waals surface area contributed by atoms with Gasteiger partial charge in [0, 0.05) is 6.20 Å². The Balaban J connectivity index is 2.13. The molecule has 1 atom stereocenters. The highest BCUT2D eigenvalue weighted by Gasteiger charge is 2.15. The van der Waals surface area contributed by atoms with Gasteiger partial charge in [-0.25, -0.2) is 0 Å². The van der Waals surface area contributed by atoms with Crippen LogP contribution < -0.4 is 11.3 Å². The van der Waals surface area contributed by atoms with Gasteiger partial charge < -0.3 is 0 Å². The fourth-order valence-corrected chi connectivity index (χ4v) is 2.21. The van der Waals surface area contributed by atoms with Crippen molar-refractivity contribution in [3.05, 3.63) is 65.5 Å². The molecule has 0 aliphatic carbocycles. The molecule has 2 aromatic rings. The van der Waals surface area contributed by atoms with Crippen molar-refractivity contribution in [2.24, 2.45) is 5.84 Å². The van der Waals surface area contributed by atoms with Gasteiger partial charge in [-0.1, -0.05) is 51.1 Å². The van der Waals surface area contributed by atoms with Crippen LogP contribution in [0.5, 0.6) is 0 Å². The first-order valence-corrected chi connectivity index (χ1v) is 6.97. The van der Waals surface area contributed by atoms with Crippen molar-refractivity contribution in [1.82, 2.24) is 10.4 Å². The third kappa shape index (κ3) is 3.65. The number of benzene rings is 1. The van der Waals surface area contributed by atoms with Crippen LogP contribution in [0.25, 0.3) is 0 Å². The number of nitrogens with one attached hydrogen (secondary N) is 1. The van der Waals surface area contributed by atoms with Crippen molar-refractivity contribution in [2.75, 3.05) is 0 Å². The van der Waals surface area contributed by atoms with E-state index in [0.29, 0.717) is 0 Å². The zero-order valence-electron chi connectivity index (χ0n) is 12.4. The second-order valence-corrected chi connectivity index (χ2v) is 6.12. The van der Waals surface area contributed by atoms with Crippen LogP contribution in [0.15, 0.2) is 48.7 Å². The van der Waals surface area contributed by atoms with E-state index in [1.807, 2.05) is 18.2 Å². The lowest BCUT2D eigenvalue weighted by molar-refractivity contribution is 0.537. The molecule has 0 aliphatic heterocycles. The Kier molecular flexibility index (Phi) is 4.53. The van der Waals surface area contributed by atoms with Crippen molar-refractivity contribution in [3.63, 3.8) is 0 Å². The Morgan fingerprint density at radius 1 is 1.10 bits per heavy atom. The first-order valence-electron chi connectivity index (χ1n) is 6.97. The molecule has 2 rings (SSSR count). The van der Waals surface area contributed by atoms with Crippen LogP contribution in [0, 0.1) is 0 Å². The van der Waals surface area contributed by atoms with Crippen molar-refractivity contribution in [1.29, 1.82) is 0 Å². The maximum Gasteiger partial charge on any atom is 0.0672 e. The number of hydrazine groups is 1. The zero-order valence-corrected chi connectivity index (χ0v) is 12.4. The molecular weight excluding hydrogens is 246 g/mol. The topological polar surface area (TPSA) is 50.9 Å². The van der Waals surface area contributed by atoms with Crippen LogP contribution in [-0.4, -0.2) is 4.98 Å². The van der Waals surface area contributed by atoms with Gasteiger partial charge in [-0.15, -0.1) is 0 Å². The van der Waals surface area contributed by atoms with Gasteiger partial charge in [0.1, 0.15) is 0 Å². The lowest BCUT2D eigenvalue weighted by Gasteiger charge is -2.20.